The highest BCUT2D eigenvalue weighted by Gasteiger charge is 2.33. The number of nitrogens with zero attached hydrogens (tertiary/aromatic N) is 4. The molecule has 0 atom stereocenters. The van der Waals surface area contributed by atoms with Crippen molar-refractivity contribution >= 4 is 6.03 Å². The molecule has 1 aliphatic heterocycles. The molecule has 5 nitrogen and oxygen atoms in total. The minimum Gasteiger partial charge on any atom is -1.00 e. The number of hydrogen-bond acceptors (Lipinski definition) is 2. The van der Waals surface area contributed by atoms with E-state index in [1.54, 1.807) is 30.3 Å². The average molecular weight is 438 g/mol. The van der Waals surface area contributed by atoms with Gasteiger partial charge < -0.3 is 24.0 Å². The Hall–Kier alpha value is -1.65. The number of carbonyl (C=O) groups is 1. The van der Waals surface area contributed by atoms with Gasteiger partial charge in [0.2, 0.25) is 0 Å². The van der Waals surface area contributed by atoms with Crippen molar-refractivity contribution in [2.24, 2.45) is 7.05 Å². The van der Waals surface area contributed by atoms with E-state index in [1.807, 2.05) is 0 Å². The van der Waals surface area contributed by atoms with Gasteiger partial charge in [-0.05, 0) is 11.6 Å². The molecular weight excluding hydrogens is 424 g/mol. The zero-order valence-electron chi connectivity index (χ0n) is 12.2. The van der Waals surface area contributed by atoms with E-state index in [9.17, 15) is 18.0 Å². The van der Waals surface area contributed by atoms with Crippen LogP contribution in [0.5, 0.6) is 0 Å². The van der Waals surface area contributed by atoms with Crippen LogP contribution < -0.4 is 28.5 Å². The second-order valence-corrected chi connectivity index (χ2v) is 5.27. The number of alkyl halides is 3. The van der Waals surface area contributed by atoms with E-state index in [0.717, 1.165) is 12.3 Å². The molecule has 0 spiro atoms. The molecule has 0 bridgehead atoms. The molecule has 0 radical (unpaired) electrons. The van der Waals surface area contributed by atoms with Crippen molar-refractivity contribution in [3.05, 3.63) is 47.8 Å². The highest BCUT2D eigenvalue weighted by Crippen LogP contribution is 2.31. The number of amides is 1. The van der Waals surface area contributed by atoms with Gasteiger partial charge >= 0.3 is 12.2 Å². The maximum absolute atomic E-state index is 12.8. The third-order valence-corrected chi connectivity index (χ3v) is 3.63. The maximum atomic E-state index is 12.8. The van der Waals surface area contributed by atoms with Gasteiger partial charge in [0.1, 0.15) is 12.4 Å². The molecule has 3 rings (SSSR count). The molecule has 3 heterocycles. The molecule has 2 aromatic rings. The summed E-state index contributed by atoms with van der Waals surface area (Å²) in [6.45, 7) is 0.569. The van der Waals surface area contributed by atoms with Crippen molar-refractivity contribution < 1.29 is 46.5 Å². The highest BCUT2D eigenvalue weighted by atomic mass is 127. The number of imidazole rings is 1. The molecule has 23 heavy (non-hydrogen) atoms. The topological polar surface area (TPSA) is 42.0 Å². The van der Waals surface area contributed by atoms with Crippen molar-refractivity contribution in [2.75, 3.05) is 6.54 Å². The minimum absolute atomic E-state index is 0. The summed E-state index contributed by atoms with van der Waals surface area (Å²) in [6, 6.07) is 0.820. The highest BCUT2D eigenvalue weighted by molar-refractivity contribution is 5.76. The van der Waals surface area contributed by atoms with E-state index in [0.29, 0.717) is 24.2 Å². The zero-order valence-corrected chi connectivity index (χ0v) is 14.4. The van der Waals surface area contributed by atoms with E-state index in [1.165, 1.54) is 9.47 Å². The maximum Gasteiger partial charge on any atom is 0.417 e. The summed E-state index contributed by atoms with van der Waals surface area (Å²) in [4.78, 5) is 17.7. The lowest BCUT2D eigenvalue weighted by atomic mass is 10.0. The largest absolute Gasteiger partial charge is 1.00 e. The van der Waals surface area contributed by atoms with Crippen LogP contribution in [-0.4, -0.2) is 27.0 Å². The second-order valence-electron chi connectivity index (χ2n) is 5.27. The Morgan fingerprint density at radius 1 is 1.39 bits per heavy atom. The van der Waals surface area contributed by atoms with E-state index in [2.05, 4.69) is 4.98 Å². The molecule has 0 fully saturated rings. The van der Waals surface area contributed by atoms with Crippen LogP contribution in [0.25, 0.3) is 0 Å². The molecule has 2 aromatic heterocycles. The number of rotatable bonds is 0. The van der Waals surface area contributed by atoms with Crippen molar-refractivity contribution in [1.82, 2.24) is 14.5 Å². The van der Waals surface area contributed by atoms with Gasteiger partial charge in [-0.1, -0.05) is 0 Å². The Kier molecular flexibility index (Phi) is 4.97. The van der Waals surface area contributed by atoms with Crippen molar-refractivity contribution in [2.45, 2.75) is 19.1 Å². The van der Waals surface area contributed by atoms with Gasteiger partial charge in [0.25, 0.3) is 6.33 Å². The normalized spacial score (nSPS) is 14.2. The van der Waals surface area contributed by atoms with Crippen molar-refractivity contribution in [3.63, 3.8) is 0 Å². The lowest BCUT2D eigenvalue weighted by Crippen LogP contribution is -3.00. The lowest BCUT2D eigenvalue weighted by molar-refractivity contribution is -0.670. The van der Waals surface area contributed by atoms with Gasteiger partial charge in [0.15, 0.2) is 0 Å². The van der Waals surface area contributed by atoms with Gasteiger partial charge in [0, 0.05) is 24.9 Å². The predicted molar refractivity (Wildman–Crippen MR) is 69.8 cm³/mol. The van der Waals surface area contributed by atoms with Crippen LogP contribution in [-0.2, 0) is 26.2 Å². The Morgan fingerprint density at radius 3 is 2.74 bits per heavy atom. The zero-order chi connectivity index (χ0) is 15.9. The molecular formula is C14H14F3IN4O. The second kappa shape index (κ2) is 6.46. The molecule has 0 unspecified atom stereocenters. The number of pyridine rings is 1. The van der Waals surface area contributed by atoms with E-state index in [4.69, 9.17) is 0 Å². The summed E-state index contributed by atoms with van der Waals surface area (Å²) >= 11 is 0. The third-order valence-electron chi connectivity index (χ3n) is 3.63. The number of aromatic nitrogens is 3. The van der Waals surface area contributed by atoms with Crippen molar-refractivity contribution in [3.8, 4) is 0 Å². The first-order valence-electron chi connectivity index (χ1n) is 6.72. The van der Waals surface area contributed by atoms with Crippen LogP contribution in [0.4, 0.5) is 18.0 Å². The number of aryl methyl sites for hydroxylation is 1. The smallest absolute Gasteiger partial charge is 0.417 e. The first kappa shape index (κ1) is 17.7. The first-order valence-corrected chi connectivity index (χ1v) is 6.72. The molecule has 0 saturated carbocycles. The van der Waals surface area contributed by atoms with Gasteiger partial charge in [0.05, 0.1) is 19.2 Å². The summed E-state index contributed by atoms with van der Waals surface area (Å²) in [7, 11) is 1.79. The third kappa shape index (κ3) is 3.65. The van der Waals surface area contributed by atoms with Crippen LogP contribution in [0.1, 0.15) is 16.8 Å². The number of carbonyl (C=O) groups excluding carboxylic acids is 1. The van der Waals surface area contributed by atoms with Gasteiger partial charge in [-0.25, -0.2) is 9.36 Å². The summed E-state index contributed by atoms with van der Waals surface area (Å²) in [5, 5.41) is 0. The Bertz CT molecular complexity index is 729. The van der Waals surface area contributed by atoms with Gasteiger partial charge in [-0.2, -0.15) is 17.7 Å². The van der Waals surface area contributed by atoms with Crippen LogP contribution in [0.2, 0.25) is 0 Å². The van der Waals surface area contributed by atoms with Crippen molar-refractivity contribution in [1.29, 1.82) is 0 Å². The minimum atomic E-state index is -4.43. The van der Waals surface area contributed by atoms with Crippen LogP contribution in [0.15, 0.2) is 31.0 Å². The monoisotopic (exact) mass is 438 g/mol. The number of fused-ring (bicyclic) bond motifs is 1. The fourth-order valence-electron chi connectivity index (χ4n) is 2.47. The fraction of sp³-hybridized carbons (Fsp3) is 0.357. The predicted octanol–water partition coefficient (Wildman–Crippen LogP) is -1.24. The Labute approximate surface area is 147 Å². The molecule has 0 aliphatic carbocycles. The Morgan fingerprint density at radius 2 is 2.13 bits per heavy atom. The van der Waals surface area contributed by atoms with Crippen LogP contribution >= 0.6 is 0 Å². The van der Waals surface area contributed by atoms with Gasteiger partial charge in [-0.15, -0.1) is 0 Å². The van der Waals surface area contributed by atoms with Gasteiger partial charge in [-0.3, -0.25) is 9.88 Å². The molecule has 0 saturated heterocycles. The quantitative estimate of drug-likeness (QED) is 0.382. The van der Waals surface area contributed by atoms with E-state index < -0.39 is 11.7 Å². The van der Waals surface area contributed by atoms with Crippen LogP contribution in [0, 0.1) is 0 Å². The standard InChI is InChI=1S/C14H14F3N4O.HI/c1-19-4-5-21(9-19)13(22)20-3-2-12-10(8-20)6-11(7-18-12)14(15,16)17;/h4-7,9H,2-3,8H2,1H3;1H/q+1;/p-1. The molecule has 1 amide bonds. The van der Waals surface area contributed by atoms with E-state index >= 15 is 0 Å². The first-order chi connectivity index (χ1) is 10.3. The molecule has 1 aliphatic rings. The summed E-state index contributed by atoms with van der Waals surface area (Å²) < 4.78 is 41.4. The average Bonchev–Trinajstić information content (AvgIpc) is 2.91. The summed E-state index contributed by atoms with van der Waals surface area (Å²) in [6.07, 6.45) is 1.82. The summed E-state index contributed by atoms with van der Waals surface area (Å²) in [5.74, 6) is 0. The SMILES string of the molecule is C[n+]1ccn(C(=O)N2CCc3ncc(C(F)(F)F)cc3C2)c1.[I-]. The molecule has 9 heteroatoms. The molecule has 124 valence electrons. The van der Waals surface area contributed by atoms with E-state index in [-0.39, 0.29) is 36.6 Å². The lowest BCUT2D eigenvalue weighted by Gasteiger charge is -2.26. The fourth-order valence-corrected chi connectivity index (χ4v) is 2.47. The summed E-state index contributed by atoms with van der Waals surface area (Å²) in [5.41, 5.74) is 0.286. The Balaban J connectivity index is 0.00000192. The number of halogens is 4. The molecule has 0 aromatic carbocycles. The molecule has 0 N–H and O–H groups in total. The number of hydrogen-bond donors (Lipinski definition) is 0. The van der Waals surface area contributed by atoms with Crippen LogP contribution in [0.3, 0.4) is 0 Å².